The predicted octanol–water partition coefficient (Wildman–Crippen LogP) is 2.73. The molecule has 0 aromatic carbocycles. The van der Waals surface area contributed by atoms with Gasteiger partial charge in [0.1, 0.15) is 5.82 Å². The van der Waals surface area contributed by atoms with E-state index in [4.69, 9.17) is 0 Å². The molecule has 98 valence electrons. The van der Waals surface area contributed by atoms with E-state index in [0.29, 0.717) is 13.1 Å². The minimum atomic E-state index is -4.07. The van der Waals surface area contributed by atoms with Gasteiger partial charge >= 0.3 is 6.18 Å². The van der Waals surface area contributed by atoms with Crippen molar-refractivity contribution >= 4 is 0 Å². The summed E-state index contributed by atoms with van der Waals surface area (Å²) in [7, 11) is 0. The molecule has 0 aliphatic heterocycles. The van der Waals surface area contributed by atoms with Crippen molar-refractivity contribution in [3.8, 4) is 0 Å². The lowest BCUT2D eigenvalue weighted by Crippen LogP contribution is -2.18. The van der Waals surface area contributed by atoms with Crippen LogP contribution in [-0.4, -0.2) is 22.3 Å². The predicted molar refractivity (Wildman–Crippen MR) is 59.5 cm³/mol. The normalized spacial score (nSPS) is 12.0. The summed E-state index contributed by atoms with van der Waals surface area (Å²) in [5, 5.41) is 3.18. The Morgan fingerprint density at radius 3 is 2.82 bits per heavy atom. The van der Waals surface area contributed by atoms with E-state index in [1.54, 1.807) is 17.0 Å². The zero-order valence-electron chi connectivity index (χ0n) is 9.93. The maximum atomic E-state index is 12.0. The third-order valence-electron chi connectivity index (χ3n) is 2.37. The molecule has 0 fully saturated rings. The van der Waals surface area contributed by atoms with E-state index in [2.05, 4.69) is 17.2 Å². The molecule has 3 nitrogen and oxygen atoms in total. The highest BCUT2D eigenvalue weighted by Gasteiger charge is 2.26. The van der Waals surface area contributed by atoms with Gasteiger partial charge in [0.2, 0.25) is 0 Å². The minimum absolute atomic E-state index is 0.0979. The molecular weight excluding hydrogens is 231 g/mol. The molecular formula is C11H18F3N3. The van der Waals surface area contributed by atoms with Gasteiger partial charge in [-0.05, 0) is 19.4 Å². The summed E-state index contributed by atoms with van der Waals surface area (Å²) in [4.78, 5) is 4.12. The van der Waals surface area contributed by atoms with Crippen molar-refractivity contribution in [1.29, 1.82) is 0 Å². The highest BCUT2D eigenvalue weighted by Crippen LogP contribution is 2.21. The summed E-state index contributed by atoms with van der Waals surface area (Å²) in [5.41, 5.74) is 0. The van der Waals surface area contributed by atoms with Crippen molar-refractivity contribution in [1.82, 2.24) is 14.9 Å². The SMILES string of the molecule is CCCNCc1nccn1CCCC(F)(F)F. The molecule has 0 aliphatic carbocycles. The van der Waals surface area contributed by atoms with Gasteiger partial charge in [0.25, 0.3) is 0 Å². The first kappa shape index (κ1) is 14.0. The number of hydrogen-bond donors (Lipinski definition) is 1. The van der Waals surface area contributed by atoms with Crippen molar-refractivity contribution in [2.24, 2.45) is 0 Å². The lowest BCUT2D eigenvalue weighted by atomic mass is 10.3. The standard InChI is InChI=1S/C11H18F3N3/c1-2-5-15-9-10-16-6-8-17(10)7-3-4-11(12,13)14/h6,8,15H,2-5,7,9H2,1H3. The quantitative estimate of drug-likeness (QED) is 0.753. The van der Waals surface area contributed by atoms with Crippen LogP contribution in [0.5, 0.6) is 0 Å². The monoisotopic (exact) mass is 249 g/mol. The Balaban J connectivity index is 2.35. The van der Waals surface area contributed by atoms with Gasteiger partial charge in [-0.3, -0.25) is 0 Å². The summed E-state index contributed by atoms with van der Waals surface area (Å²) in [6.45, 7) is 3.91. The largest absolute Gasteiger partial charge is 0.389 e. The summed E-state index contributed by atoms with van der Waals surface area (Å²) in [5.74, 6) is 0.792. The van der Waals surface area contributed by atoms with Crippen molar-refractivity contribution in [2.75, 3.05) is 6.54 Å². The van der Waals surface area contributed by atoms with Crippen LogP contribution >= 0.6 is 0 Å². The lowest BCUT2D eigenvalue weighted by Gasteiger charge is -2.09. The van der Waals surface area contributed by atoms with Crippen LogP contribution < -0.4 is 5.32 Å². The van der Waals surface area contributed by atoms with Gasteiger partial charge in [-0.1, -0.05) is 6.92 Å². The average Bonchev–Trinajstić information content (AvgIpc) is 2.64. The topological polar surface area (TPSA) is 29.9 Å². The Bertz CT molecular complexity index is 320. The van der Waals surface area contributed by atoms with Gasteiger partial charge in [-0.2, -0.15) is 13.2 Å². The summed E-state index contributed by atoms with van der Waals surface area (Å²) in [6, 6.07) is 0. The van der Waals surface area contributed by atoms with E-state index < -0.39 is 12.6 Å². The second-order valence-corrected chi connectivity index (χ2v) is 3.93. The number of alkyl halides is 3. The third-order valence-corrected chi connectivity index (χ3v) is 2.37. The van der Waals surface area contributed by atoms with Crippen LogP contribution in [0, 0.1) is 0 Å². The minimum Gasteiger partial charge on any atom is -0.334 e. The molecule has 0 amide bonds. The van der Waals surface area contributed by atoms with Gasteiger partial charge in [0.15, 0.2) is 0 Å². The molecule has 1 aromatic heterocycles. The molecule has 1 aromatic rings. The van der Waals surface area contributed by atoms with Gasteiger partial charge in [0.05, 0.1) is 6.54 Å². The van der Waals surface area contributed by atoms with Gasteiger partial charge < -0.3 is 9.88 Å². The Hall–Kier alpha value is -1.04. The first-order chi connectivity index (χ1) is 8.03. The molecule has 6 heteroatoms. The smallest absolute Gasteiger partial charge is 0.334 e. The van der Waals surface area contributed by atoms with E-state index in [1.165, 1.54) is 0 Å². The molecule has 0 saturated heterocycles. The van der Waals surface area contributed by atoms with Crippen LogP contribution in [0.1, 0.15) is 32.0 Å². The number of nitrogens with zero attached hydrogens (tertiary/aromatic N) is 2. The van der Waals surface area contributed by atoms with Gasteiger partial charge in [-0.25, -0.2) is 4.98 Å². The maximum Gasteiger partial charge on any atom is 0.389 e. The first-order valence-electron chi connectivity index (χ1n) is 5.80. The average molecular weight is 249 g/mol. The second kappa shape index (κ2) is 6.64. The molecule has 0 radical (unpaired) electrons. The van der Waals surface area contributed by atoms with Crippen LogP contribution in [0.25, 0.3) is 0 Å². The fraction of sp³-hybridized carbons (Fsp3) is 0.727. The number of halogens is 3. The highest BCUT2D eigenvalue weighted by atomic mass is 19.4. The maximum absolute atomic E-state index is 12.0. The number of aromatic nitrogens is 2. The third kappa shape index (κ3) is 5.72. The van der Waals surface area contributed by atoms with Crippen molar-refractivity contribution in [3.63, 3.8) is 0 Å². The number of rotatable bonds is 7. The number of hydrogen-bond acceptors (Lipinski definition) is 2. The van der Waals surface area contributed by atoms with Crippen LogP contribution in [0.3, 0.4) is 0 Å². The fourth-order valence-corrected chi connectivity index (χ4v) is 1.54. The molecule has 0 saturated carbocycles. The molecule has 17 heavy (non-hydrogen) atoms. The summed E-state index contributed by atoms with van der Waals surface area (Å²) < 4.78 is 37.8. The first-order valence-corrected chi connectivity index (χ1v) is 5.80. The van der Waals surface area contributed by atoms with E-state index in [1.807, 2.05) is 0 Å². The molecule has 1 N–H and O–H groups in total. The van der Waals surface area contributed by atoms with Gasteiger partial charge in [-0.15, -0.1) is 0 Å². The van der Waals surface area contributed by atoms with Crippen molar-refractivity contribution < 1.29 is 13.2 Å². The Morgan fingerprint density at radius 1 is 1.41 bits per heavy atom. The summed E-state index contributed by atoms with van der Waals surface area (Å²) in [6.07, 6.45) is -0.348. The molecule has 1 heterocycles. The zero-order chi connectivity index (χ0) is 12.7. The van der Waals surface area contributed by atoms with E-state index in [9.17, 15) is 13.2 Å². The molecule has 0 unspecified atom stereocenters. The van der Waals surface area contributed by atoms with Crippen molar-refractivity contribution in [3.05, 3.63) is 18.2 Å². The highest BCUT2D eigenvalue weighted by molar-refractivity contribution is 4.91. The second-order valence-electron chi connectivity index (χ2n) is 3.93. The molecule has 0 atom stereocenters. The van der Waals surface area contributed by atoms with E-state index >= 15 is 0 Å². The van der Waals surface area contributed by atoms with Gasteiger partial charge in [0, 0.05) is 25.4 Å². The Morgan fingerprint density at radius 2 is 2.18 bits per heavy atom. The van der Waals surface area contributed by atoms with Crippen LogP contribution in [-0.2, 0) is 13.1 Å². The summed E-state index contributed by atoms with van der Waals surface area (Å²) >= 11 is 0. The van der Waals surface area contributed by atoms with E-state index in [0.717, 1.165) is 18.8 Å². The molecule has 0 aliphatic rings. The lowest BCUT2D eigenvalue weighted by molar-refractivity contribution is -0.135. The zero-order valence-corrected chi connectivity index (χ0v) is 9.93. The Kier molecular flexibility index (Phi) is 5.47. The number of imidazole rings is 1. The van der Waals surface area contributed by atoms with E-state index in [-0.39, 0.29) is 6.42 Å². The Labute approximate surface area is 99.0 Å². The molecule has 1 rings (SSSR count). The van der Waals surface area contributed by atoms with Crippen LogP contribution in [0.4, 0.5) is 13.2 Å². The number of nitrogens with one attached hydrogen (secondary N) is 1. The molecule has 0 spiro atoms. The van der Waals surface area contributed by atoms with Crippen molar-refractivity contribution in [2.45, 2.75) is 45.5 Å². The number of aryl methyl sites for hydroxylation is 1. The van der Waals surface area contributed by atoms with Crippen LogP contribution in [0.15, 0.2) is 12.4 Å². The van der Waals surface area contributed by atoms with Crippen LogP contribution in [0.2, 0.25) is 0 Å². The molecule has 0 bridgehead atoms. The fourth-order valence-electron chi connectivity index (χ4n) is 1.54.